The van der Waals surface area contributed by atoms with Crippen LogP contribution >= 0.6 is 0 Å². The van der Waals surface area contributed by atoms with Gasteiger partial charge in [0.25, 0.3) is 15.9 Å². The molecule has 8 nitrogen and oxygen atoms in total. The molecule has 32 heavy (non-hydrogen) atoms. The van der Waals surface area contributed by atoms with E-state index < -0.39 is 16.1 Å². The monoisotopic (exact) mass is 454 g/mol. The number of amidine groups is 1. The molecule has 1 fully saturated rings. The first-order chi connectivity index (χ1) is 15.3. The number of sulfonamides is 1. The van der Waals surface area contributed by atoms with Crippen molar-refractivity contribution in [2.75, 3.05) is 26.2 Å². The number of piperazine rings is 1. The minimum absolute atomic E-state index is 0.0460. The number of benzene rings is 2. The summed E-state index contributed by atoms with van der Waals surface area (Å²) in [5, 5.41) is 0. The van der Waals surface area contributed by atoms with Crippen molar-refractivity contribution in [3.8, 4) is 0 Å². The maximum Gasteiger partial charge on any atom is 0.263 e. The quantitative estimate of drug-likeness (QED) is 0.761. The van der Waals surface area contributed by atoms with Crippen LogP contribution in [0.2, 0.25) is 0 Å². The zero-order valence-corrected chi connectivity index (χ0v) is 18.9. The molecule has 2 aliphatic rings. The van der Waals surface area contributed by atoms with Gasteiger partial charge in [0, 0.05) is 37.3 Å². The van der Waals surface area contributed by atoms with E-state index in [0.717, 1.165) is 0 Å². The van der Waals surface area contributed by atoms with Gasteiger partial charge < -0.3 is 9.80 Å². The van der Waals surface area contributed by atoms with Gasteiger partial charge in [-0.05, 0) is 30.2 Å². The molecule has 1 N–H and O–H groups in total. The van der Waals surface area contributed by atoms with E-state index in [2.05, 4.69) is 9.71 Å². The lowest BCUT2D eigenvalue weighted by molar-refractivity contribution is -0.134. The largest absolute Gasteiger partial charge is 0.337 e. The first-order valence-corrected chi connectivity index (χ1v) is 12.1. The van der Waals surface area contributed by atoms with Crippen molar-refractivity contribution in [3.63, 3.8) is 0 Å². The molecular weight excluding hydrogens is 428 g/mol. The Labute approximate surface area is 188 Å². The van der Waals surface area contributed by atoms with Gasteiger partial charge in [0.1, 0.15) is 11.9 Å². The highest BCUT2D eigenvalue weighted by atomic mass is 32.2. The fourth-order valence-corrected chi connectivity index (χ4v) is 5.18. The Hall–Kier alpha value is -3.20. The molecule has 2 amide bonds. The van der Waals surface area contributed by atoms with Crippen LogP contribution in [0.25, 0.3) is 0 Å². The zero-order chi connectivity index (χ0) is 22.9. The Kier molecular flexibility index (Phi) is 6.01. The van der Waals surface area contributed by atoms with Gasteiger partial charge in [-0.15, -0.1) is 0 Å². The van der Waals surface area contributed by atoms with Gasteiger partial charge in [-0.25, -0.2) is 8.42 Å². The van der Waals surface area contributed by atoms with E-state index in [1.807, 2.05) is 32.0 Å². The number of fused-ring (bicyclic) bond motifs is 1. The molecule has 0 aromatic heterocycles. The maximum atomic E-state index is 13.3. The molecule has 9 heteroatoms. The molecule has 0 spiro atoms. The molecule has 168 valence electrons. The lowest BCUT2D eigenvalue weighted by Gasteiger charge is -2.36. The zero-order valence-electron chi connectivity index (χ0n) is 18.1. The Balaban J connectivity index is 1.49. The van der Waals surface area contributed by atoms with E-state index in [0.29, 0.717) is 37.3 Å². The van der Waals surface area contributed by atoms with Crippen molar-refractivity contribution in [1.29, 1.82) is 0 Å². The number of rotatable bonds is 4. The van der Waals surface area contributed by atoms with Crippen LogP contribution < -0.4 is 4.72 Å². The number of nitrogens with one attached hydrogen (secondary N) is 1. The second-order valence-corrected chi connectivity index (χ2v) is 9.90. The topological polar surface area (TPSA) is 99.1 Å². The van der Waals surface area contributed by atoms with E-state index in [4.69, 9.17) is 0 Å². The number of hydrogen-bond acceptors (Lipinski definition) is 5. The molecule has 0 radical (unpaired) electrons. The van der Waals surface area contributed by atoms with Gasteiger partial charge in [0.15, 0.2) is 0 Å². The van der Waals surface area contributed by atoms with E-state index >= 15 is 0 Å². The van der Waals surface area contributed by atoms with Crippen LogP contribution in [0.4, 0.5) is 0 Å². The highest BCUT2D eigenvalue weighted by Crippen LogP contribution is 2.24. The molecule has 2 aromatic carbocycles. The standard InChI is InChI=1S/C23H26N4O4S/c1-16(2)20(24-21-18-10-6-7-11-19(18)32(30,31)25-21)23(29)27-14-12-26(13-15-27)22(28)17-8-4-3-5-9-17/h3-11,16,20H,12-15H2,1-2H3,(H,24,25)/t20-/m0/s1. The Bertz CT molecular complexity index is 1150. The lowest BCUT2D eigenvalue weighted by Crippen LogP contribution is -2.53. The average molecular weight is 455 g/mol. The van der Waals surface area contributed by atoms with Gasteiger partial charge in [-0.1, -0.05) is 44.2 Å². The Morgan fingerprint density at radius 2 is 1.50 bits per heavy atom. The third-order valence-electron chi connectivity index (χ3n) is 5.71. The summed E-state index contributed by atoms with van der Waals surface area (Å²) in [6.45, 7) is 5.47. The molecule has 0 saturated carbocycles. The van der Waals surface area contributed by atoms with Crippen molar-refractivity contribution in [3.05, 3.63) is 65.7 Å². The van der Waals surface area contributed by atoms with Crippen molar-refractivity contribution in [2.24, 2.45) is 10.9 Å². The lowest BCUT2D eigenvalue weighted by atomic mass is 10.0. The molecule has 0 bridgehead atoms. The van der Waals surface area contributed by atoms with Crippen LogP contribution in [0.3, 0.4) is 0 Å². The van der Waals surface area contributed by atoms with Crippen LogP contribution in [-0.4, -0.2) is 68.1 Å². The summed E-state index contributed by atoms with van der Waals surface area (Å²) in [5.41, 5.74) is 1.11. The van der Waals surface area contributed by atoms with Crippen LogP contribution in [0.5, 0.6) is 0 Å². The number of aliphatic imine (C=N–C) groups is 1. The van der Waals surface area contributed by atoms with Gasteiger partial charge in [0.2, 0.25) is 5.91 Å². The average Bonchev–Trinajstić information content (AvgIpc) is 3.07. The molecule has 0 aliphatic carbocycles. The smallest absolute Gasteiger partial charge is 0.263 e. The molecule has 4 rings (SSSR count). The SMILES string of the molecule is CC(C)[C@H](N=C1NS(=O)(=O)c2ccccc21)C(=O)N1CCN(C(=O)c2ccccc2)CC1. The summed E-state index contributed by atoms with van der Waals surface area (Å²) in [6.07, 6.45) is 0. The van der Waals surface area contributed by atoms with Gasteiger partial charge >= 0.3 is 0 Å². The summed E-state index contributed by atoms with van der Waals surface area (Å²) in [5.74, 6) is -0.139. The van der Waals surface area contributed by atoms with E-state index in [-0.39, 0.29) is 28.5 Å². The Morgan fingerprint density at radius 1 is 0.906 bits per heavy atom. The molecule has 2 aliphatic heterocycles. The van der Waals surface area contributed by atoms with E-state index in [9.17, 15) is 18.0 Å². The highest BCUT2D eigenvalue weighted by Gasteiger charge is 2.35. The predicted molar refractivity (Wildman–Crippen MR) is 121 cm³/mol. The Morgan fingerprint density at radius 3 is 2.16 bits per heavy atom. The number of nitrogens with zero attached hydrogens (tertiary/aromatic N) is 3. The summed E-state index contributed by atoms with van der Waals surface area (Å²) in [6, 6.07) is 15.0. The van der Waals surface area contributed by atoms with Gasteiger partial charge in [0.05, 0.1) is 4.90 Å². The minimum atomic E-state index is -3.67. The first kappa shape index (κ1) is 22.0. The van der Waals surface area contributed by atoms with Crippen molar-refractivity contribution in [1.82, 2.24) is 14.5 Å². The molecule has 2 aromatic rings. The first-order valence-electron chi connectivity index (χ1n) is 10.6. The second kappa shape index (κ2) is 8.74. The van der Waals surface area contributed by atoms with Gasteiger partial charge in [-0.2, -0.15) is 0 Å². The predicted octanol–water partition coefficient (Wildman–Crippen LogP) is 1.73. The molecule has 0 unspecified atom stereocenters. The normalized spacial score (nSPS) is 19.5. The summed E-state index contributed by atoms with van der Waals surface area (Å²) in [4.78, 5) is 34.1. The van der Waals surface area contributed by atoms with E-state index in [1.54, 1.807) is 40.1 Å². The minimum Gasteiger partial charge on any atom is -0.337 e. The third kappa shape index (κ3) is 4.25. The molecule has 1 atom stereocenters. The van der Waals surface area contributed by atoms with Crippen LogP contribution in [0.15, 0.2) is 64.5 Å². The third-order valence-corrected chi connectivity index (χ3v) is 7.11. The summed E-state index contributed by atoms with van der Waals surface area (Å²) < 4.78 is 27.2. The number of carbonyl (C=O) groups excluding carboxylic acids is 2. The van der Waals surface area contributed by atoms with E-state index in [1.165, 1.54) is 6.07 Å². The summed E-state index contributed by atoms with van der Waals surface area (Å²) >= 11 is 0. The number of amides is 2. The van der Waals surface area contributed by atoms with Crippen molar-refractivity contribution < 1.29 is 18.0 Å². The summed E-state index contributed by atoms with van der Waals surface area (Å²) in [7, 11) is -3.67. The number of carbonyl (C=O) groups is 2. The molecule has 1 saturated heterocycles. The molecule has 2 heterocycles. The second-order valence-electron chi connectivity index (χ2n) is 8.25. The van der Waals surface area contributed by atoms with Crippen molar-refractivity contribution >= 4 is 27.7 Å². The van der Waals surface area contributed by atoms with Crippen LogP contribution in [-0.2, 0) is 14.8 Å². The highest BCUT2D eigenvalue weighted by molar-refractivity contribution is 7.90. The van der Waals surface area contributed by atoms with Crippen LogP contribution in [0, 0.1) is 5.92 Å². The fraction of sp³-hybridized carbons (Fsp3) is 0.348. The van der Waals surface area contributed by atoms with Crippen LogP contribution in [0.1, 0.15) is 29.8 Å². The fourth-order valence-electron chi connectivity index (χ4n) is 3.94. The van der Waals surface area contributed by atoms with Crippen molar-refractivity contribution in [2.45, 2.75) is 24.8 Å². The molecular formula is C23H26N4O4S. The van der Waals surface area contributed by atoms with Gasteiger partial charge in [-0.3, -0.25) is 19.3 Å². The maximum absolute atomic E-state index is 13.3. The number of hydrogen-bond donors (Lipinski definition) is 1.